The molecule has 3 heteroatoms. The molecule has 0 heterocycles. The lowest BCUT2D eigenvalue weighted by Crippen LogP contribution is -2.25. The molecule has 4 rings (SSSR count). The maximum Gasteiger partial charge on any atom is 0.123 e. The van der Waals surface area contributed by atoms with Crippen LogP contribution in [0.2, 0.25) is 0 Å². The summed E-state index contributed by atoms with van der Waals surface area (Å²) in [5, 5.41) is 30.0. The third-order valence-electron chi connectivity index (χ3n) is 4.51. The lowest BCUT2D eigenvalue weighted by molar-refractivity contribution is 0.304. The fourth-order valence-electron chi connectivity index (χ4n) is 3.65. The van der Waals surface area contributed by atoms with Crippen LogP contribution in [-0.4, -0.2) is 15.3 Å². The van der Waals surface area contributed by atoms with E-state index in [0.717, 1.165) is 11.1 Å². The van der Waals surface area contributed by atoms with Crippen LogP contribution in [0.15, 0.2) is 71.0 Å². The maximum atomic E-state index is 10.2. The van der Waals surface area contributed by atoms with Crippen LogP contribution in [0.25, 0.3) is 0 Å². The van der Waals surface area contributed by atoms with Crippen molar-refractivity contribution in [3.05, 3.63) is 71.0 Å². The molecule has 0 aromatic heterocycles. The molecule has 3 N–H and O–H groups in total. The van der Waals surface area contributed by atoms with Crippen molar-refractivity contribution in [2.45, 2.75) is 6.42 Å². The van der Waals surface area contributed by atoms with Crippen LogP contribution in [0.5, 0.6) is 0 Å². The number of aliphatic hydroxyl groups is 3. The normalized spacial score (nSPS) is 39.2. The highest BCUT2D eigenvalue weighted by atomic mass is 16.3. The largest absolute Gasteiger partial charge is 0.511 e. The Morgan fingerprint density at radius 3 is 2.72 bits per heavy atom. The Hall–Kier alpha value is -2.16. The second-order valence-electron chi connectivity index (χ2n) is 5.27. The summed E-state index contributed by atoms with van der Waals surface area (Å²) in [7, 11) is 0. The van der Waals surface area contributed by atoms with E-state index < -0.39 is 10.8 Å². The maximum absolute atomic E-state index is 10.2. The summed E-state index contributed by atoms with van der Waals surface area (Å²) in [5.74, 6) is 0.454. The van der Waals surface area contributed by atoms with E-state index in [-0.39, 0.29) is 11.5 Å². The Labute approximate surface area is 104 Å². The zero-order valence-electron chi connectivity index (χ0n) is 9.59. The zero-order valence-corrected chi connectivity index (χ0v) is 9.59. The van der Waals surface area contributed by atoms with Crippen LogP contribution in [0.1, 0.15) is 6.42 Å². The van der Waals surface area contributed by atoms with Gasteiger partial charge in [0, 0.05) is 17.1 Å². The SMILES string of the molecule is OC1=CC23CC24C(O)=CC=CC4=CC=C3C(O)=C1. The second-order valence-corrected chi connectivity index (χ2v) is 5.27. The van der Waals surface area contributed by atoms with Crippen LogP contribution >= 0.6 is 0 Å². The number of hydrogen-bond acceptors (Lipinski definition) is 3. The Bertz CT molecular complexity index is 657. The first-order chi connectivity index (χ1) is 8.60. The molecule has 2 atom stereocenters. The molecule has 0 amide bonds. The van der Waals surface area contributed by atoms with Crippen molar-refractivity contribution in [2.24, 2.45) is 10.8 Å². The summed E-state index contributed by atoms with van der Waals surface area (Å²) < 4.78 is 0. The highest BCUT2D eigenvalue weighted by Crippen LogP contribution is 2.78. The topological polar surface area (TPSA) is 60.7 Å². The molecule has 2 unspecified atom stereocenters. The Morgan fingerprint density at radius 2 is 1.89 bits per heavy atom. The number of hydrogen-bond donors (Lipinski definition) is 3. The fourth-order valence-corrected chi connectivity index (χ4v) is 3.65. The first-order valence-electron chi connectivity index (χ1n) is 5.94. The summed E-state index contributed by atoms with van der Waals surface area (Å²) >= 11 is 0. The minimum Gasteiger partial charge on any atom is -0.511 e. The van der Waals surface area contributed by atoms with E-state index in [4.69, 9.17) is 0 Å². The van der Waals surface area contributed by atoms with Crippen LogP contribution in [-0.2, 0) is 0 Å². The number of rotatable bonds is 0. The van der Waals surface area contributed by atoms with Gasteiger partial charge in [0.25, 0.3) is 0 Å². The average Bonchev–Trinajstić information content (AvgIpc) is 2.96. The van der Waals surface area contributed by atoms with E-state index in [1.807, 2.05) is 24.3 Å². The van der Waals surface area contributed by atoms with Gasteiger partial charge in [-0.05, 0) is 24.1 Å². The molecule has 0 aromatic carbocycles. The van der Waals surface area contributed by atoms with E-state index in [2.05, 4.69) is 0 Å². The summed E-state index contributed by atoms with van der Waals surface area (Å²) in [5.41, 5.74) is 0.845. The summed E-state index contributed by atoms with van der Waals surface area (Å²) in [6.45, 7) is 0. The molecule has 2 spiro atoms. The summed E-state index contributed by atoms with van der Waals surface area (Å²) in [6.07, 6.45) is 13.1. The van der Waals surface area contributed by atoms with Crippen molar-refractivity contribution in [3.63, 3.8) is 0 Å². The van der Waals surface area contributed by atoms with Crippen molar-refractivity contribution in [3.8, 4) is 0 Å². The smallest absolute Gasteiger partial charge is 0.123 e. The monoisotopic (exact) mass is 240 g/mol. The summed E-state index contributed by atoms with van der Waals surface area (Å²) in [6, 6.07) is 0. The molecule has 3 nitrogen and oxygen atoms in total. The van der Waals surface area contributed by atoms with Crippen molar-refractivity contribution >= 4 is 0 Å². The van der Waals surface area contributed by atoms with Crippen molar-refractivity contribution in [2.75, 3.05) is 0 Å². The van der Waals surface area contributed by atoms with Crippen molar-refractivity contribution in [1.29, 1.82) is 0 Å². The molecule has 0 radical (unpaired) electrons. The molecular weight excluding hydrogens is 228 g/mol. The van der Waals surface area contributed by atoms with Gasteiger partial charge in [-0.3, -0.25) is 0 Å². The van der Waals surface area contributed by atoms with E-state index in [1.165, 1.54) is 6.08 Å². The zero-order chi connectivity index (χ0) is 12.5. The van der Waals surface area contributed by atoms with E-state index >= 15 is 0 Å². The molecule has 0 bridgehead atoms. The van der Waals surface area contributed by atoms with Crippen LogP contribution in [0.4, 0.5) is 0 Å². The van der Waals surface area contributed by atoms with Gasteiger partial charge in [0.1, 0.15) is 17.3 Å². The molecule has 1 fully saturated rings. The quantitative estimate of drug-likeness (QED) is 0.609. The van der Waals surface area contributed by atoms with Crippen LogP contribution in [0, 0.1) is 10.8 Å². The molecule has 0 saturated heterocycles. The van der Waals surface area contributed by atoms with Gasteiger partial charge in [-0.2, -0.15) is 0 Å². The standard InChI is InChI=1S/C15H12O3/c16-10-6-12(17)11-5-4-9-2-1-3-13(18)15(9)8-14(11,15)7-10/h1-7,16-18H,8H2. The van der Waals surface area contributed by atoms with Gasteiger partial charge >= 0.3 is 0 Å². The lowest BCUT2D eigenvalue weighted by atomic mass is 9.72. The van der Waals surface area contributed by atoms with Gasteiger partial charge < -0.3 is 15.3 Å². The van der Waals surface area contributed by atoms with Gasteiger partial charge in [-0.25, -0.2) is 0 Å². The third-order valence-corrected chi connectivity index (χ3v) is 4.51. The van der Waals surface area contributed by atoms with Gasteiger partial charge in [0.15, 0.2) is 0 Å². The van der Waals surface area contributed by atoms with Crippen LogP contribution in [0.3, 0.4) is 0 Å². The first-order valence-corrected chi connectivity index (χ1v) is 5.94. The molecule has 4 aliphatic carbocycles. The van der Waals surface area contributed by atoms with E-state index in [0.29, 0.717) is 12.2 Å². The predicted octanol–water partition coefficient (Wildman–Crippen LogP) is 3.14. The summed E-state index contributed by atoms with van der Waals surface area (Å²) in [4.78, 5) is 0. The van der Waals surface area contributed by atoms with Crippen molar-refractivity contribution in [1.82, 2.24) is 0 Å². The number of aliphatic hydroxyl groups excluding tert-OH is 3. The van der Waals surface area contributed by atoms with Gasteiger partial charge in [-0.15, -0.1) is 0 Å². The van der Waals surface area contributed by atoms with Gasteiger partial charge in [0.2, 0.25) is 0 Å². The third kappa shape index (κ3) is 0.817. The second kappa shape index (κ2) is 2.64. The molecule has 4 aliphatic rings. The molecular formula is C15H12O3. The Kier molecular flexibility index (Phi) is 1.44. The molecule has 0 aliphatic heterocycles. The van der Waals surface area contributed by atoms with E-state index in [1.54, 1.807) is 12.2 Å². The Balaban J connectivity index is 2.00. The minimum atomic E-state index is -0.484. The highest BCUT2D eigenvalue weighted by molar-refractivity contribution is 5.66. The molecule has 0 aromatic rings. The van der Waals surface area contributed by atoms with E-state index in [9.17, 15) is 15.3 Å². The van der Waals surface area contributed by atoms with Gasteiger partial charge in [0.05, 0.1) is 5.41 Å². The average molecular weight is 240 g/mol. The predicted molar refractivity (Wildman–Crippen MR) is 66.9 cm³/mol. The highest BCUT2D eigenvalue weighted by Gasteiger charge is 2.74. The molecule has 90 valence electrons. The van der Waals surface area contributed by atoms with Crippen LogP contribution < -0.4 is 0 Å². The molecule has 18 heavy (non-hydrogen) atoms. The lowest BCUT2D eigenvalue weighted by Gasteiger charge is -2.32. The Morgan fingerprint density at radius 1 is 1.06 bits per heavy atom. The fraction of sp³-hybridized carbons (Fsp3) is 0.200. The van der Waals surface area contributed by atoms with Crippen molar-refractivity contribution < 1.29 is 15.3 Å². The van der Waals surface area contributed by atoms with Gasteiger partial charge in [-0.1, -0.05) is 24.3 Å². The number of allylic oxidation sites excluding steroid dienone is 9. The molecule has 1 saturated carbocycles. The minimum absolute atomic E-state index is 0.0603. The first kappa shape index (κ1) is 9.83.